The zero-order valence-corrected chi connectivity index (χ0v) is 9.92. The molecular weight excluding hydrogens is 242 g/mol. The summed E-state index contributed by atoms with van der Waals surface area (Å²) in [6, 6.07) is 11.5. The molecule has 0 spiro atoms. The summed E-state index contributed by atoms with van der Waals surface area (Å²) in [4.78, 5) is 18.0. The van der Waals surface area contributed by atoms with E-state index in [-0.39, 0.29) is 11.4 Å². The third kappa shape index (κ3) is 1.72. The molecular formula is C14H11N3O2. The van der Waals surface area contributed by atoms with Gasteiger partial charge in [0.05, 0.1) is 11.1 Å². The van der Waals surface area contributed by atoms with E-state index in [0.29, 0.717) is 11.0 Å². The van der Waals surface area contributed by atoms with E-state index >= 15 is 0 Å². The molecule has 3 aromatic rings. The summed E-state index contributed by atoms with van der Waals surface area (Å²) in [6.45, 7) is 0. The Hall–Kier alpha value is -2.82. The van der Waals surface area contributed by atoms with Crippen molar-refractivity contribution in [2.45, 2.75) is 0 Å². The molecule has 94 valence electrons. The summed E-state index contributed by atoms with van der Waals surface area (Å²) in [7, 11) is 0. The number of carbonyl (C=O) groups is 1. The number of aromatic carboxylic acids is 1. The van der Waals surface area contributed by atoms with Crippen molar-refractivity contribution in [3.05, 3.63) is 48.3 Å². The number of nitrogen functional groups attached to an aromatic ring is 1. The average molecular weight is 253 g/mol. The van der Waals surface area contributed by atoms with Crippen LogP contribution in [0.15, 0.2) is 42.6 Å². The lowest BCUT2D eigenvalue weighted by Crippen LogP contribution is -2.00. The van der Waals surface area contributed by atoms with Crippen LogP contribution in [-0.2, 0) is 0 Å². The first-order valence-corrected chi connectivity index (χ1v) is 5.73. The molecule has 2 heterocycles. The van der Waals surface area contributed by atoms with E-state index in [1.54, 1.807) is 6.20 Å². The van der Waals surface area contributed by atoms with Crippen LogP contribution in [0.5, 0.6) is 0 Å². The van der Waals surface area contributed by atoms with E-state index in [2.05, 4.69) is 9.97 Å². The summed E-state index contributed by atoms with van der Waals surface area (Å²) >= 11 is 0. The predicted molar refractivity (Wildman–Crippen MR) is 72.9 cm³/mol. The number of hydrogen-bond acceptors (Lipinski definition) is 3. The highest BCUT2D eigenvalue weighted by Crippen LogP contribution is 2.33. The minimum atomic E-state index is -1.09. The maximum atomic E-state index is 11.1. The van der Waals surface area contributed by atoms with Gasteiger partial charge >= 0.3 is 5.97 Å². The Balaban J connectivity index is 2.35. The van der Waals surface area contributed by atoms with Gasteiger partial charge < -0.3 is 15.8 Å². The van der Waals surface area contributed by atoms with E-state index in [4.69, 9.17) is 10.8 Å². The molecule has 1 aromatic carbocycles. The molecule has 0 radical (unpaired) electrons. The van der Waals surface area contributed by atoms with E-state index in [0.717, 1.165) is 11.1 Å². The number of pyridine rings is 1. The van der Waals surface area contributed by atoms with Crippen molar-refractivity contribution in [3.8, 4) is 11.1 Å². The van der Waals surface area contributed by atoms with Crippen molar-refractivity contribution in [3.63, 3.8) is 0 Å². The maximum absolute atomic E-state index is 11.1. The third-order valence-electron chi connectivity index (χ3n) is 3.03. The number of benzene rings is 1. The number of aromatic amines is 1. The van der Waals surface area contributed by atoms with Gasteiger partial charge in [0.25, 0.3) is 0 Å². The van der Waals surface area contributed by atoms with E-state index in [9.17, 15) is 4.79 Å². The third-order valence-corrected chi connectivity index (χ3v) is 3.03. The Morgan fingerprint density at radius 1 is 1.21 bits per heavy atom. The molecule has 5 nitrogen and oxygen atoms in total. The van der Waals surface area contributed by atoms with Crippen molar-refractivity contribution in [1.29, 1.82) is 0 Å². The van der Waals surface area contributed by atoms with Crippen LogP contribution < -0.4 is 5.73 Å². The minimum absolute atomic E-state index is 0.0223. The molecule has 0 bridgehead atoms. The minimum Gasteiger partial charge on any atom is -0.477 e. The molecule has 2 aromatic heterocycles. The standard InChI is InChI=1S/C14H11N3O2/c15-11-10-9(8-4-2-1-3-5-8)6-7-16-13(10)17-12(11)14(18)19/h1-7H,15H2,(H,16,17)(H,18,19). The summed E-state index contributed by atoms with van der Waals surface area (Å²) in [5, 5.41) is 9.73. The van der Waals surface area contributed by atoms with Crippen LogP contribution >= 0.6 is 0 Å². The molecule has 19 heavy (non-hydrogen) atoms. The van der Waals surface area contributed by atoms with Crippen molar-refractivity contribution in [1.82, 2.24) is 9.97 Å². The zero-order chi connectivity index (χ0) is 13.4. The quantitative estimate of drug-likeness (QED) is 0.654. The zero-order valence-electron chi connectivity index (χ0n) is 9.92. The van der Waals surface area contributed by atoms with Gasteiger partial charge in [-0.2, -0.15) is 0 Å². The molecule has 0 fully saturated rings. The van der Waals surface area contributed by atoms with Gasteiger partial charge in [0.1, 0.15) is 11.3 Å². The van der Waals surface area contributed by atoms with Crippen LogP contribution in [0, 0.1) is 0 Å². The molecule has 0 saturated carbocycles. The smallest absolute Gasteiger partial charge is 0.354 e. The number of carboxylic acids is 1. The normalized spacial score (nSPS) is 10.7. The fourth-order valence-electron chi connectivity index (χ4n) is 2.17. The fraction of sp³-hybridized carbons (Fsp3) is 0. The number of aromatic nitrogens is 2. The number of anilines is 1. The molecule has 0 aliphatic rings. The van der Waals surface area contributed by atoms with Crippen LogP contribution in [0.2, 0.25) is 0 Å². The van der Waals surface area contributed by atoms with Gasteiger partial charge in [-0.15, -0.1) is 0 Å². The molecule has 0 aliphatic heterocycles. The van der Waals surface area contributed by atoms with Crippen molar-refractivity contribution in [2.24, 2.45) is 0 Å². The SMILES string of the molecule is Nc1c(C(=O)O)[nH]c2nccc(-c3ccccc3)c12. The fourth-order valence-corrected chi connectivity index (χ4v) is 2.17. The summed E-state index contributed by atoms with van der Waals surface area (Å²) in [5.74, 6) is -1.09. The number of H-pyrrole nitrogens is 1. The monoisotopic (exact) mass is 253 g/mol. The first kappa shape index (κ1) is 11.3. The molecule has 3 rings (SSSR count). The highest BCUT2D eigenvalue weighted by atomic mass is 16.4. The van der Waals surface area contributed by atoms with Crippen molar-refractivity contribution in [2.75, 3.05) is 5.73 Å². The van der Waals surface area contributed by atoms with Gasteiger partial charge in [0, 0.05) is 6.20 Å². The van der Waals surface area contributed by atoms with Gasteiger partial charge in [-0.1, -0.05) is 30.3 Å². The van der Waals surface area contributed by atoms with Gasteiger partial charge in [-0.3, -0.25) is 0 Å². The van der Waals surface area contributed by atoms with E-state index in [1.165, 1.54) is 0 Å². The Kier molecular flexibility index (Phi) is 2.45. The van der Waals surface area contributed by atoms with Gasteiger partial charge in [-0.05, 0) is 17.2 Å². The topological polar surface area (TPSA) is 92.0 Å². The first-order chi connectivity index (χ1) is 9.18. The highest BCUT2D eigenvalue weighted by molar-refractivity contribution is 6.09. The number of hydrogen-bond donors (Lipinski definition) is 3. The Morgan fingerprint density at radius 3 is 2.63 bits per heavy atom. The number of nitrogens with one attached hydrogen (secondary N) is 1. The summed E-state index contributed by atoms with van der Waals surface area (Å²) < 4.78 is 0. The number of carboxylic acid groups (broad SMARTS) is 1. The second kappa shape index (κ2) is 4.13. The van der Waals surface area contributed by atoms with E-state index in [1.807, 2.05) is 36.4 Å². The molecule has 0 amide bonds. The van der Waals surface area contributed by atoms with Gasteiger partial charge in [0.2, 0.25) is 0 Å². The van der Waals surface area contributed by atoms with Crippen LogP contribution in [0.4, 0.5) is 5.69 Å². The highest BCUT2D eigenvalue weighted by Gasteiger charge is 2.18. The Bertz CT molecular complexity index is 763. The lowest BCUT2D eigenvalue weighted by atomic mass is 10.0. The van der Waals surface area contributed by atoms with E-state index < -0.39 is 5.97 Å². The summed E-state index contributed by atoms with van der Waals surface area (Å²) in [5.41, 5.74) is 8.44. The molecule has 0 aliphatic carbocycles. The molecule has 0 saturated heterocycles. The number of rotatable bonds is 2. The van der Waals surface area contributed by atoms with Gasteiger partial charge in [0.15, 0.2) is 0 Å². The van der Waals surface area contributed by atoms with Crippen LogP contribution in [-0.4, -0.2) is 21.0 Å². The average Bonchev–Trinajstić information content (AvgIpc) is 2.78. The Morgan fingerprint density at radius 2 is 1.95 bits per heavy atom. The van der Waals surface area contributed by atoms with Crippen LogP contribution in [0.25, 0.3) is 22.2 Å². The molecule has 0 unspecified atom stereocenters. The molecule has 0 atom stereocenters. The Labute approximate surface area is 108 Å². The summed E-state index contributed by atoms with van der Waals surface area (Å²) in [6.07, 6.45) is 1.63. The number of fused-ring (bicyclic) bond motifs is 1. The molecule has 5 heteroatoms. The second-order valence-electron chi connectivity index (χ2n) is 4.17. The van der Waals surface area contributed by atoms with Crippen molar-refractivity contribution < 1.29 is 9.90 Å². The van der Waals surface area contributed by atoms with Gasteiger partial charge in [-0.25, -0.2) is 9.78 Å². The number of nitrogens with zero attached hydrogens (tertiary/aromatic N) is 1. The number of nitrogens with two attached hydrogens (primary N) is 1. The van der Waals surface area contributed by atoms with Crippen LogP contribution in [0.3, 0.4) is 0 Å². The first-order valence-electron chi connectivity index (χ1n) is 5.73. The lowest BCUT2D eigenvalue weighted by Gasteiger charge is -2.03. The molecule has 4 N–H and O–H groups in total. The second-order valence-corrected chi connectivity index (χ2v) is 4.17. The maximum Gasteiger partial charge on any atom is 0.354 e. The largest absolute Gasteiger partial charge is 0.477 e. The lowest BCUT2D eigenvalue weighted by molar-refractivity contribution is 0.0692. The van der Waals surface area contributed by atoms with Crippen molar-refractivity contribution >= 4 is 22.7 Å². The van der Waals surface area contributed by atoms with Crippen LogP contribution in [0.1, 0.15) is 10.5 Å². The predicted octanol–water partition coefficient (Wildman–Crippen LogP) is 2.51.